The molecule has 0 aliphatic rings. The van der Waals surface area contributed by atoms with E-state index < -0.39 is 16.2 Å². The Morgan fingerprint density at radius 2 is 1.35 bits per heavy atom. The topological polar surface area (TPSA) is 127 Å². The SMILES string of the molecule is Nc1c(N(Cc2ccccc2)Cc2ccc([N+](=O)[O-])cc2)c(=O)[nH]c(=O)n1Cc1ccccc1. The second kappa shape index (κ2) is 9.86. The van der Waals surface area contributed by atoms with Gasteiger partial charge in [-0.15, -0.1) is 0 Å². The predicted molar refractivity (Wildman–Crippen MR) is 131 cm³/mol. The first-order chi connectivity index (χ1) is 16.4. The number of H-pyrrole nitrogens is 1. The Morgan fingerprint density at radius 1 is 0.824 bits per heavy atom. The van der Waals surface area contributed by atoms with E-state index in [1.54, 1.807) is 17.0 Å². The van der Waals surface area contributed by atoms with Crippen LogP contribution in [0.25, 0.3) is 0 Å². The molecule has 9 heteroatoms. The predicted octanol–water partition coefficient (Wildman–Crippen LogP) is 3.28. The molecule has 172 valence electrons. The van der Waals surface area contributed by atoms with E-state index in [9.17, 15) is 19.7 Å². The van der Waals surface area contributed by atoms with Crippen molar-refractivity contribution < 1.29 is 4.92 Å². The van der Waals surface area contributed by atoms with Gasteiger partial charge in [0.1, 0.15) is 11.5 Å². The Morgan fingerprint density at radius 3 is 1.91 bits per heavy atom. The number of nitrogen functional groups attached to an aromatic ring is 1. The maximum atomic E-state index is 13.0. The highest BCUT2D eigenvalue weighted by Gasteiger charge is 2.20. The fraction of sp³-hybridized carbons (Fsp3) is 0.120. The molecule has 1 aromatic heterocycles. The maximum absolute atomic E-state index is 13.0. The monoisotopic (exact) mass is 457 g/mol. The van der Waals surface area contributed by atoms with Crippen LogP contribution in [0, 0.1) is 10.1 Å². The van der Waals surface area contributed by atoms with Gasteiger partial charge in [-0.1, -0.05) is 72.8 Å². The van der Waals surface area contributed by atoms with E-state index in [-0.39, 0.29) is 30.3 Å². The average molecular weight is 457 g/mol. The van der Waals surface area contributed by atoms with Crippen LogP contribution in [0.4, 0.5) is 17.2 Å². The molecule has 34 heavy (non-hydrogen) atoms. The number of aromatic nitrogens is 2. The fourth-order valence-electron chi connectivity index (χ4n) is 3.77. The minimum atomic E-state index is -0.593. The summed E-state index contributed by atoms with van der Waals surface area (Å²) < 4.78 is 1.33. The minimum absolute atomic E-state index is 0.0212. The van der Waals surface area contributed by atoms with Crippen molar-refractivity contribution in [3.05, 3.63) is 133 Å². The Balaban J connectivity index is 1.77. The van der Waals surface area contributed by atoms with E-state index >= 15 is 0 Å². The van der Waals surface area contributed by atoms with Crippen LogP contribution in [-0.4, -0.2) is 14.5 Å². The molecular formula is C25H23N5O4. The molecule has 9 nitrogen and oxygen atoms in total. The molecule has 0 saturated heterocycles. The summed E-state index contributed by atoms with van der Waals surface area (Å²) in [6.07, 6.45) is 0. The van der Waals surface area contributed by atoms with Crippen molar-refractivity contribution >= 4 is 17.2 Å². The number of nitrogens with one attached hydrogen (secondary N) is 1. The summed E-state index contributed by atoms with van der Waals surface area (Å²) in [5.41, 5.74) is 7.92. The zero-order valence-electron chi connectivity index (χ0n) is 18.3. The average Bonchev–Trinajstić information content (AvgIpc) is 2.83. The first-order valence-electron chi connectivity index (χ1n) is 10.6. The summed E-state index contributed by atoms with van der Waals surface area (Å²) in [7, 11) is 0. The third-order valence-electron chi connectivity index (χ3n) is 5.45. The number of benzene rings is 3. The van der Waals surface area contributed by atoms with Gasteiger partial charge >= 0.3 is 5.69 Å². The summed E-state index contributed by atoms with van der Waals surface area (Å²) in [5, 5.41) is 11.0. The van der Waals surface area contributed by atoms with Crippen LogP contribution < -0.4 is 21.9 Å². The number of nitrogens with two attached hydrogens (primary N) is 1. The quantitative estimate of drug-likeness (QED) is 0.309. The number of anilines is 2. The van der Waals surface area contributed by atoms with Gasteiger partial charge in [0.2, 0.25) is 0 Å². The summed E-state index contributed by atoms with van der Waals surface area (Å²) in [6, 6.07) is 25.0. The van der Waals surface area contributed by atoms with E-state index in [0.29, 0.717) is 6.54 Å². The number of hydrogen-bond acceptors (Lipinski definition) is 6. The van der Waals surface area contributed by atoms with Crippen molar-refractivity contribution in [3.8, 4) is 0 Å². The Hall–Kier alpha value is -4.66. The van der Waals surface area contributed by atoms with Gasteiger partial charge in [-0.05, 0) is 16.7 Å². The second-order valence-electron chi connectivity index (χ2n) is 7.83. The molecule has 0 radical (unpaired) electrons. The largest absolute Gasteiger partial charge is 0.383 e. The van der Waals surface area contributed by atoms with Crippen molar-refractivity contribution in [2.24, 2.45) is 0 Å². The normalized spacial score (nSPS) is 10.7. The Kier molecular flexibility index (Phi) is 6.54. The van der Waals surface area contributed by atoms with Gasteiger partial charge < -0.3 is 10.6 Å². The molecule has 0 saturated carbocycles. The Labute approximate surface area is 194 Å². The van der Waals surface area contributed by atoms with Gasteiger partial charge in [-0.3, -0.25) is 24.5 Å². The van der Waals surface area contributed by atoms with Crippen LogP contribution in [-0.2, 0) is 19.6 Å². The molecule has 1 heterocycles. The van der Waals surface area contributed by atoms with Crippen molar-refractivity contribution in [1.29, 1.82) is 0 Å². The highest BCUT2D eigenvalue weighted by molar-refractivity contribution is 5.63. The van der Waals surface area contributed by atoms with E-state index in [1.807, 2.05) is 60.7 Å². The number of aromatic amines is 1. The maximum Gasteiger partial charge on any atom is 0.330 e. The van der Waals surface area contributed by atoms with E-state index in [2.05, 4.69) is 4.98 Å². The minimum Gasteiger partial charge on any atom is -0.383 e. The van der Waals surface area contributed by atoms with E-state index in [0.717, 1.165) is 16.7 Å². The lowest BCUT2D eigenvalue weighted by molar-refractivity contribution is -0.384. The van der Waals surface area contributed by atoms with Gasteiger partial charge in [0, 0.05) is 25.2 Å². The smallest absolute Gasteiger partial charge is 0.330 e. The molecule has 4 rings (SSSR count). The summed E-state index contributed by atoms with van der Waals surface area (Å²) in [5.74, 6) is 0.0513. The molecule has 0 spiro atoms. The molecule has 3 aromatic carbocycles. The molecule has 0 atom stereocenters. The molecule has 0 fully saturated rings. The third-order valence-corrected chi connectivity index (χ3v) is 5.45. The highest BCUT2D eigenvalue weighted by Crippen LogP contribution is 2.23. The first kappa shape index (κ1) is 22.5. The van der Waals surface area contributed by atoms with Gasteiger partial charge in [0.15, 0.2) is 0 Å². The standard InChI is InChI=1S/C25H23N5O4/c26-23-22(24(31)27-25(32)29(23)17-19-9-5-2-6-10-19)28(15-18-7-3-1-4-8-18)16-20-11-13-21(14-12-20)30(33)34/h1-14H,15-17,26H2,(H,27,31,32). The fourth-order valence-corrected chi connectivity index (χ4v) is 3.77. The first-order valence-corrected chi connectivity index (χ1v) is 10.6. The summed E-state index contributed by atoms with van der Waals surface area (Å²) in [4.78, 5) is 40.3. The summed E-state index contributed by atoms with van der Waals surface area (Å²) in [6.45, 7) is 0.796. The van der Waals surface area contributed by atoms with Crippen molar-refractivity contribution in [3.63, 3.8) is 0 Å². The van der Waals surface area contributed by atoms with Gasteiger partial charge in [0.25, 0.3) is 11.2 Å². The van der Waals surface area contributed by atoms with Crippen LogP contribution in [0.5, 0.6) is 0 Å². The Bertz CT molecular complexity index is 1400. The van der Waals surface area contributed by atoms with Crippen molar-refractivity contribution in [2.45, 2.75) is 19.6 Å². The van der Waals surface area contributed by atoms with E-state index in [4.69, 9.17) is 5.73 Å². The third kappa shape index (κ3) is 5.04. The molecule has 0 bridgehead atoms. The van der Waals surface area contributed by atoms with Gasteiger partial charge in [0.05, 0.1) is 11.5 Å². The molecule has 4 aromatic rings. The van der Waals surface area contributed by atoms with Crippen LogP contribution in [0.2, 0.25) is 0 Å². The molecule has 0 aliphatic carbocycles. The second-order valence-corrected chi connectivity index (χ2v) is 7.83. The summed E-state index contributed by atoms with van der Waals surface area (Å²) >= 11 is 0. The van der Waals surface area contributed by atoms with Crippen molar-refractivity contribution in [1.82, 2.24) is 9.55 Å². The van der Waals surface area contributed by atoms with Gasteiger partial charge in [-0.25, -0.2) is 4.79 Å². The lowest BCUT2D eigenvalue weighted by Gasteiger charge is -2.26. The molecule has 0 amide bonds. The number of non-ortho nitro benzene ring substituents is 1. The van der Waals surface area contributed by atoms with Crippen LogP contribution in [0.15, 0.2) is 94.5 Å². The van der Waals surface area contributed by atoms with Crippen LogP contribution in [0.1, 0.15) is 16.7 Å². The molecule has 3 N–H and O–H groups in total. The van der Waals surface area contributed by atoms with Crippen LogP contribution >= 0.6 is 0 Å². The zero-order chi connectivity index (χ0) is 24.1. The number of hydrogen-bond donors (Lipinski definition) is 2. The lowest BCUT2D eigenvalue weighted by atomic mass is 10.1. The van der Waals surface area contributed by atoms with E-state index in [1.165, 1.54) is 16.7 Å². The van der Waals surface area contributed by atoms with Gasteiger partial charge in [-0.2, -0.15) is 0 Å². The lowest BCUT2D eigenvalue weighted by Crippen LogP contribution is -2.38. The number of rotatable bonds is 8. The number of nitro benzene ring substituents is 1. The zero-order valence-corrected chi connectivity index (χ0v) is 18.3. The molecule has 0 aliphatic heterocycles. The van der Waals surface area contributed by atoms with Crippen molar-refractivity contribution in [2.75, 3.05) is 10.6 Å². The number of nitrogens with zero attached hydrogens (tertiary/aromatic N) is 3. The highest BCUT2D eigenvalue weighted by atomic mass is 16.6. The molecular weight excluding hydrogens is 434 g/mol. The molecule has 0 unspecified atom stereocenters. The van der Waals surface area contributed by atoms with Crippen LogP contribution in [0.3, 0.4) is 0 Å². The number of nitro groups is 1.